The molecular formula is C24H36O5. The lowest BCUT2D eigenvalue weighted by atomic mass is 9.54. The van der Waals surface area contributed by atoms with Gasteiger partial charge in [-0.1, -0.05) is 13.0 Å². The average molecular weight is 405 g/mol. The van der Waals surface area contributed by atoms with E-state index in [0.717, 1.165) is 30.3 Å². The number of allylic oxidation sites excluding steroid dienone is 4. The Morgan fingerprint density at radius 3 is 2.59 bits per heavy atom. The lowest BCUT2D eigenvalue weighted by Crippen LogP contribution is -2.47. The number of hydrogen-bond acceptors (Lipinski definition) is 5. The molecule has 4 aliphatic carbocycles. The smallest absolute Gasteiger partial charge is 0.188 e. The predicted molar refractivity (Wildman–Crippen MR) is 111 cm³/mol. The van der Waals surface area contributed by atoms with Gasteiger partial charge < -0.3 is 23.7 Å². The Hall–Kier alpha value is -1.30. The van der Waals surface area contributed by atoms with Crippen molar-refractivity contribution in [2.24, 2.45) is 29.1 Å². The third-order valence-electron chi connectivity index (χ3n) is 7.77. The molecule has 0 N–H and O–H groups in total. The van der Waals surface area contributed by atoms with Gasteiger partial charge in [0.15, 0.2) is 18.3 Å². The summed E-state index contributed by atoms with van der Waals surface area (Å²) in [6.45, 7) is 5.76. The maximum atomic E-state index is 6.10. The second-order valence-corrected chi connectivity index (χ2v) is 9.11. The van der Waals surface area contributed by atoms with Crippen LogP contribution in [0.2, 0.25) is 0 Å². The van der Waals surface area contributed by atoms with Crippen LogP contribution in [0, 0.1) is 29.1 Å². The average Bonchev–Trinajstić information content (AvgIpc) is 3.07. The van der Waals surface area contributed by atoms with Crippen LogP contribution in [0.15, 0.2) is 35.3 Å². The molecule has 0 aromatic rings. The molecule has 4 rings (SSSR count). The zero-order chi connectivity index (χ0) is 20.4. The predicted octanol–water partition coefficient (Wildman–Crippen LogP) is 4.80. The fourth-order valence-corrected chi connectivity index (χ4v) is 6.49. The van der Waals surface area contributed by atoms with Gasteiger partial charge in [0.05, 0.1) is 12.7 Å². The van der Waals surface area contributed by atoms with Crippen LogP contribution in [0.3, 0.4) is 0 Å². The standard InChI is InChI=1S/C24H36O5/c1-5-27-22-13-19-16(12-21(22)28-14-25-3)6-7-18-17(19)10-11-24(2)20(18)8-9-23(24)29-15-26-4/h6,12-13,17-20,23H,5,7-11,14-15H2,1-4H3/t17-,18+,19-,20-,23-,24-/m0/s1. The summed E-state index contributed by atoms with van der Waals surface area (Å²) in [7, 11) is 3.35. The Balaban J connectivity index is 1.56. The van der Waals surface area contributed by atoms with Gasteiger partial charge in [-0.3, -0.25) is 0 Å². The maximum Gasteiger partial charge on any atom is 0.188 e. The third-order valence-corrected chi connectivity index (χ3v) is 7.77. The topological polar surface area (TPSA) is 46.2 Å². The van der Waals surface area contributed by atoms with Gasteiger partial charge in [-0.25, -0.2) is 0 Å². The van der Waals surface area contributed by atoms with E-state index in [0.29, 0.717) is 37.3 Å². The maximum absolute atomic E-state index is 6.10. The Bertz CT molecular complexity index is 681. The van der Waals surface area contributed by atoms with Gasteiger partial charge in [-0.2, -0.15) is 0 Å². The first-order chi connectivity index (χ1) is 14.1. The van der Waals surface area contributed by atoms with Gasteiger partial charge in [0.25, 0.3) is 0 Å². The van der Waals surface area contributed by atoms with E-state index in [9.17, 15) is 0 Å². The van der Waals surface area contributed by atoms with E-state index in [1.54, 1.807) is 14.2 Å². The minimum absolute atomic E-state index is 0.240. The molecule has 0 saturated heterocycles. The van der Waals surface area contributed by atoms with E-state index < -0.39 is 0 Å². The summed E-state index contributed by atoms with van der Waals surface area (Å²) in [6.07, 6.45) is 13.3. The van der Waals surface area contributed by atoms with E-state index in [2.05, 4.69) is 25.2 Å². The molecular weight excluding hydrogens is 368 g/mol. The Labute approximate surface area is 175 Å². The van der Waals surface area contributed by atoms with Gasteiger partial charge in [0.1, 0.15) is 6.79 Å². The van der Waals surface area contributed by atoms with Gasteiger partial charge >= 0.3 is 0 Å². The van der Waals surface area contributed by atoms with Crippen LogP contribution in [-0.2, 0) is 23.7 Å². The Kier molecular flexibility index (Phi) is 6.38. The summed E-state index contributed by atoms with van der Waals surface area (Å²) in [5.41, 5.74) is 1.66. The molecule has 4 aliphatic rings. The van der Waals surface area contributed by atoms with Crippen molar-refractivity contribution in [3.05, 3.63) is 35.3 Å². The zero-order valence-corrected chi connectivity index (χ0v) is 18.3. The SMILES string of the molecule is CCOC1=C[C@H]2C(=CC[C@@H]3[C@@H]2CC[C@]2(C)[C@@H](OCOC)CC[C@@H]32)C=C1OCOC. The molecule has 0 radical (unpaired) electrons. The molecule has 29 heavy (non-hydrogen) atoms. The highest BCUT2D eigenvalue weighted by Gasteiger charge is 2.56. The summed E-state index contributed by atoms with van der Waals surface area (Å²) in [5, 5.41) is 0. The highest BCUT2D eigenvalue weighted by molar-refractivity contribution is 5.42. The van der Waals surface area contributed by atoms with E-state index in [4.69, 9.17) is 23.7 Å². The second kappa shape index (κ2) is 8.83. The molecule has 0 spiro atoms. The van der Waals surface area contributed by atoms with Gasteiger partial charge in [0, 0.05) is 20.1 Å². The molecule has 162 valence electrons. The van der Waals surface area contributed by atoms with Crippen LogP contribution in [0.5, 0.6) is 0 Å². The number of methoxy groups -OCH3 is 2. The normalized spacial score (nSPS) is 38.2. The number of ether oxygens (including phenoxy) is 5. The van der Waals surface area contributed by atoms with Crippen molar-refractivity contribution in [1.29, 1.82) is 0 Å². The number of rotatable bonds is 8. The Morgan fingerprint density at radius 2 is 1.83 bits per heavy atom. The summed E-state index contributed by atoms with van der Waals surface area (Å²) < 4.78 is 28.1. The van der Waals surface area contributed by atoms with Crippen LogP contribution in [0.1, 0.15) is 46.0 Å². The summed E-state index contributed by atoms with van der Waals surface area (Å²) >= 11 is 0. The van der Waals surface area contributed by atoms with Gasteiger partial charge in [-0.05, 0) is 79.9 Å². The minimum atomic E-state index is 0.240. The van der Waals surface area contributed by atoms with Crippen molar-refractivity contribution in [1.82, 2.24) is 0 Å². The molecule has 5 nitrogen and oxygen atoms in total. The van der Waals surface area contributed by atoms with Crippen molar-refractivity contribution in [2.45, 2.75) is 52.1 Å². The van der Waals surface area contributed by atoms with Crippen molar-refractivity contribution in [2.75, 3.05) is 34.4 Å². The first kappa shape index (κ1) is 21.0. The number of fused-ring (bicyclic) bond motifs is 5. The third kappa shape index (κ3) is 3.77. The second-order valence-electron chi connectivity index (χ2n) is 9.11. The van der Waals surface area contributed by atoms with Crippen molar-refractivity contribution in [3.8, 4) is 0 Å². The Morgan fingerprint density at radius 1 is 1.00 bits per heavy atom. The molecule has 0 amide bonds. The highest BCUT2D eigenvalue weighted by atomic mass is 16.7. The van der Waals surface area contributed by atoms with Crippen molar-refractivity contribution < 1.29 is 23.7 Å². The summed E-state index contributed by atoms with van der Waals surface area (Å²) in [5.74, 6) is 4.20. The largest absolute Gasteiger partial charge is 0.490 e. The highest BCUT2D eigenvalue weighted by Crippen LogP contribution is 2.61. The fourth-order valence-electron chi connectivity index (χ4n) is 6.49. The van der Waals surface area contributed by atoms with E-state index in [1.165, 1.54) is 24.8 Å². The minimum Gasteiger partial charge on any atom is -0.490 e. The fraction of sp³-hybridized carbons (Fsp3) is 0.750. The first-order valence-electron chi connectivity index (χ1n) is 11.1. The zero-order valence-electron chi connectivity index (χ0n) is 18.3. The molecule has 0 aliphatic heterocycles. The van der Waals surface area contributed by atoms with E-state index in [-0.39, 0.29) is 12.2 Å². The molecule has 6 atom stereocenters. The van der Waals surface area contributed by atoms with Crippen LogP contribution in [-0.4, -0.2) is 40.5 Å². The van der Waals surface area contributed by atoms with Gasteiger partial charge in [0.2, 0.25) is 0 Å². The molecule has 0 heterocycles. The van der Waals surface area contributed by atoms with Crippen LogP contribution in [0.25, 0.3) is 0 Å². The lowest BCUT2D eigenvalue weighted by Gasteiger charge is -2.52. The molecule has 0 aromatic carbocycles. The van der Waals surface area contributed by atoms with Crippen molar-refractivity contribution in [3.63, 3.8) is 0 Å². The van der Waals surface area contributed by atoms with Crippen LogP contribution >= 0.6 is 0 Å². The lowest BCUT2D eigenvalue weighted by molar-refractivity contribution is -0.129. The molecule has 0 unspecified atom stereocenters. The van der Waals surface area contributed by atoms with Crippen LogP contribution in [0.4, 0.5) is 0 Å². The van der Waals surface area contributed by atoms with Gasteiger partial charge in [-0.15, -0.1) is 0 Å². The molecule has 0 bridgehead atoms. The molecule has 2 fully saturated rings. The van der Waals surface area contributed by atoms with E-state index in [1.807, 2.05) is 6.92 Å². The molecule has 5 heteroatoms. The summed E-state index contributed by atoms with van der Waals surface area (Å²) in [6, 6.07) is 0. The summed E-state index contributed by atoms with van der Waals surface area (Å²) in [4.78, 5) is 0. The molecule has 2 saturated carbocycles. The first-order valence-corrected chi connectivity index (χ1v) is 11.1. The van der Waals surface area contributed by atoms with E-state index >= 15 is 0 Å². The quantitative estimate of drug-likeness (QED) is 0.544. The molecule has 0 aromatic heterocycles. The monoisotopic (exact) mass is 404 g/mol. The number of hydrogen-bond donors (Lipinski definition) is 0. The van der Waals surface area contributed by atoms with Crippen molar-refractivity contribution >= 4 is 0 Å². The van der Waals surface area contributed by atoms with Crippen LogP contribution < -0.4 is 0 Å².